The van der Waals surface area contributed by atoms with Gasteiger partial charge >= 0.3 is 5.97 Å². The van der Waals surface area contributed by atoms with E-state index in [2.05, 4.69) is 6.92 Å². The topological polar surface area (TPSA) is 26.3 Å². The molecule has 0 radical (unpaired) electrons. The lowest BCUT2D eigenvalue weighted by Gasteiger charge is -2.17. The molecule has 120 valence electrons. The third-order valence-corrected chi connectivity index (χ3v) is 4.18. The molecule has 1 atom stereocenters. The van der Waals surface area contributed by atoms with Crippen molar-refractivity contribution in [1.82, 2.24) is 0 Å². The Kier molecular flexibility index (Phi) is 12.2. The number of unbranched alkanes of at least 4 members (excludes halogenated alkanes) is 3. The van der Waals surface area contributed by atoms with E-state index in [-0.39, 0.29) is 23.7 Å². The summed E-state index contributed by atoms with van der Waals surface area (Å²) in [5.41, 5.74) is 0. The van der Waals surface area contributed by atoms with E-state index in [9.17, 15) is 13.6 Å². The molecule has 2 nitrogen and oxygen atoms in total. The van der Waals surface area contributed by atoms with Gasteiger partial charge in [0.2, 0.25) is 6.43 Å². The number of hydrogen-bond donors (Lipinski definition) is 0. The number of hydrogen-bond acceptors (Lipinski definition) is 3. The first kappa shape index (κ1) is 19.7. The first-order valence-electron chi connectivity index (χ1n) is 7.57. The zero-order valence-electron chi connectivity index (χ0n) is 12.9. The fraction of sp³-hybridized carbons (Fsp3) is 0.933. The molecular weight excluding hydrogens is 282 g/mol. The van der Waals surface area contributed by atoms with Crippen LogP contribution in [0.2, 0.25) is 0 Å². The van der Waals surface area contributed by atoms with Gasteiger partial charge in [-0.3, -0.25) is 4.79 Å². The van der Waals surface area contributed by atoms with Gasteiger partial charge in [-0.2, -0.15) is 0 Å². The van der Waals surface area contributed by atoms with Gasteiger partial charge in [0.25, 0.3) is 0 Å². The van der Waals surface area contributed by atoms with Crippen LogP contribution in [0.3, 0.4) is 0 Å². The lowest BCUT2D eigenvalue weighted by molar-refractivity contribution is -0.146. The number of carbonyl (C=O) groups is 1. The summed E-state index contributed by atoms with van der Waals surface area (Å²) in [6.07, 6.45) is 2.94. The van der Waals surface area contributed by atoms with Crippen LogP contribution in [-0.2, 0) is 9.53 Å². The summed E-state index contributed by atoms with van der Waals surface area (Å²) in [6.45, 7) is 5.81. The Morgan fingerprint density at radius 2 is 1.75 bits per heavy atom. The molecule has 0 saturated carbocycles. The van der Waals surface area contributed by atoms with Crippen LogP contribution < -0.4 is 0 Å². The molecule has 0 saturated heterocycles. The predicted octanol–water partition coefficient (Wildman–Crippen LogP) is 5.06. The molecule has 20 heavy (non-hydrogen) atoms. The van der Waals surface area contributed by atoms with E-state index >= 15 is 0 Å². The number of ether oxygens (including phenoxy) is 1. The Morgan fingerprint density at radius 3 is 2.30 bits per heavy atom. The Labute approximate surface area is 126 Å². The molecule has 5 heteroatoms. The van der Waals surface area contributed by atoms with Crippen molar-refractivity contribution >= 4 is 17.7 Å². The minimum Gasteiger partial charge on any atom is -0.462 e. The molecule has 0 spiro atoms. The van der Waals surface area contributed by atoms with Gasteiger partial charge in [-0.05, 0) is 38.9 Å². The summed E-state index contributed by atoms with van der Waals surface area (Å²) in [6, 6.07) is 0. The van der Waals surface area contributed by atoms with Crippen molar-refractivity contribution < 1.29 is 18.3 Å². The highest BCUT2D eigenvalue weighted by Crippen LogP contribution is 2.22. The first-order valence-corrected chi connectivity index (χ1v) is 8.62. The maximum absolute atomic E-state index is 12.0. The van der Waals surface area contributed by atoms with E-state index in [1.165, 1.54) is 0 Å². The Hall–Kier alpha value is -0.320. The predicted molar refractivity (Wildman–Crippen MR) is 81.5 cm³/mol. The van der Waals surface area contributed by atoms with Gasteiger partial charge < -0.3 is 4.74 Å². The molecule has 1 unspecified atom stereocenters. The number of rotatable bonds is 12. The normalized spacial score (nSPS) is 12.9. The van der Waals surface area contributed by atoms with Crippen LogP contribution in [-0.4, -0.2) is 29.5 Å². The Bertz CT molecular complexity index is 248. The number of alkyl halides is 2. The van der Waals surface area contributed by atoms with E-state index in [0.717, 1.165) is 37.9 Å². The second-order valence-corrected chi connectivity index (χ2v) is 6.54. The van der Waals surface area contributed by atoms with Crippen LogP contribution in [0.15, 0.2) is 0 Å². The third-order valence-electron chi connectivity index (χ3n) is 2.82. The lowest BCUT2D eigenvalue weighted by Crippen LogP contribution is -2.24. The molecule has 0 aliphatic rings. The van der Waals surface area contributed by atoms with Crippen molar-refractivity contribution in [2.45, 2.75) is 83.5 Å². The van der Waals surface area contributed by atoms with E-state index < -0.39 is 6.43 Å². The summed E-state index contributed by atoms with van der Waals surface area (Å²) in [4.78, 5) is 12.0. The minimum atomic E-state index is -2.22. The number of thioether (sulfide) groups is 1. The van der Waals surface area contributed by atoms with Crippen molar-refractivity contribution in [2.24, 2.45) is 0 Å². The van der Waals surface area contributed by atoms with Gasteiger partial charge in [0, 0.05) is 6.42 Å². The largest absolute Gasteiger partial charge is 0.462 e. The third kappa shape index (κ3) is 11.5. The molecule has 0 aliphatic carbocycles. The van der Waals surface area contributed by atoms with Crippen LogP contribution in [0.1, 0.15) is 65.7 Å². The zero-order chi connectivity index (χ0) is 15.4. The van der Waals surface area contributed by atoms with Crippen LogP contribution in [0, 0.1) is 0 Å². The standard InChI is InChI=1S/C15H28F2O2S/c1-4-5-6-9-13(15(18)19-12(2)3)20-11-8-7-10-14(16)17/h12-14H,4-11H2,1-3H3. The number of esters is 1. The first-order chi connectivity index (χ1) is 9.47. The molecule has 0 fully saturated rings. The highest BCUT2D eigenvalue weighted by molar-refractivity contribution is 8.00. The highest BCUT2D eigenvalue weighted by Gasteiger charge is 2.20. The van der Waals surface area contributed by atoms with Crippen molar-refractivity contribution in [3.05, 3.63) is 0 Å². The molecule has 0 aromatic rings. The number of carbonyl (C=O) groups excluding carboxylic acids is 1. The van der Waals surface area contributed by atoms with E-state index in [1.807, 2.05) is 13.8 Å². The second kappa shape index (κ2) is 12.4. The van der Waals surface area contributed by atoms with Gasteiger partial charge in [-0.25, -0.2) is 8.78 Å². The van der Waals surface area contributed by atoms with Crippen LogP contribution in [0.25, 0.3) is 0 Å². The second-order valence-electron chi connectivity index (χ2n) is 5.23. The van der Waals surface area contributed by atoms with Crippen molar-refractivity contribution in [1.29, 1.82) is 0 Å². The molecule has 0 aromatic heterocycles. The van der Waals surface area contributed by atoms with Crippen molar-refractivity contribution in [3.8, 4) is 0 Å². The molecule has 0 aromatic carbocycles. The minimum absolute atomic E-state index is 0.0441. The van der Waals surface area contributed by atoms with Gasteiger partial charge in [-0.1, -0.05) is 26.2 Å². The van der Waals surface area contributed by atoms with Crippen molar-refractivity contribution in [3.63, 3.8) is 0 Å². The maximum atomic E-state index is 12.0. The molecule has 0 amide bonds. The molecule has 0 rings (SSSR count). The van der Waals surface area contributed by atoms with Crippen LogP contribution >= 0.6 is 11.8 Å². The molecule has 0 heterocycles. The van der Waals surface area contributed by atoms with Crippen molar-refractivity contribution in [2.75, 3.05) is 5.75 Å². The molecule has 0 bridgehead atoms. The van der Waals surface area contributed by atoms with E-state index in [4.69, 9.17) is 4.74 Å². The average molecular weight is 310 g/mol. The highest BCUT2D eigenvalue weighted by atomic mass is 32.2. The summed E-state index contributed by atoms with van der Waals surface area (Å²) in [5.74, 6) is 0.589. The van der Waals surface area contributed by atoms with Gasteiger partial charge in [-0.15, -0.1) is 11.8 Å². The van der Waals surface area contributed by atoms with Crippen LogP contribution in [0.4, 0.5) is 8.78 Å². The maximum Gasteiger partial charge on any atom is 0.319 e. The fourth-order valence-electron chi connectivity index (χ4n) is 1.78. The van der Waals surface area contributed by atoms with Gasteiger partial charge in [0.15, 0.2) is 0 Å². The summed E-state index contributed by atoms with van der Waals surface area (Å²) < 4.78 is 29.3. The van der Waals surface area contributed by atoms with Crippen LogP contribution in [0.5, 0.6) is 0 Å². The Morgan fingerprint density at radius 1 is 1.10 bits per heavy atom. The fourth-order valence-corrected chi connectivity index (χ4v) is 2.96. The summed E-state index contributed by atoms with van der Waals surface area (Å²) in [7, 11) is 0. The molecule has 0 aliphatic heterocycles. The quantitative estimate of drug-likeness (QED) is 0.372. The zero-order valence-corrected chi connectivity index (χ0v) is 13.7. The lowest BCUT2D eigenvalue weighted by atomic mass is 10.1. The van der Waals surface area contributed by atoms with E-state index in [1.54, 1.807) is 11.8 Å². The van der Waals surface area contributed by atoms with Gasteiger partial charge in [0.05, 0.1) is 6.10 Å². The Balaban J connectivity index is 4.00. The summed E-state index contributed by atoms with van der Waals surface area (Å²) >= 11 is 1.55. The number of halogens is 2. The smallest absolute Gasteiger partial charge is 0.319 e. The summed E-state index contributed by atoms with van der Waals surface area (Å²) in [5, 5.41) is -0.143. The van der Waals surface area contributed by atoms with E-state index in [0.29, 0.717) is 6.42 Å². The molecular formula is C15H28F2O2S. The average Bonchev–Trinajstić information content (AvgIpc) is 2.35. The monoisotopic (exact) mass is 310 g/mol. The van der Waals surface area contributed by atoms with Gasteiger partial charge in [0.1, 0.15) is 5.25 Å². The SMILES string of the molecule is CCCCCC(SCCCCC(F)F)C(=O)OC(C)C. The molecule has 0 N–H and O–H groups in total.